The van der Waals surface area contributed by atoms with E-state index in [9.17, 15) is 10.1 Å². The molecule has 0 radical (unpaired) electrons. The summed E-state index contributed by atoms with van der Waals surface area (Å²) in [5.74, 6) is 0. The molecule has 0 amide bonds. The fourth-order valence-corrected chi connectivity index (χ4v) is 1.84. The van der Waals surface area contributed by atoms with E-state index in [0.717, 1.165) is 0 Å². The molecule has 0 unspecified atom stereocenters. The zero-order valence-electron chi connectivity index (χ0n) is 10.1. The van der Waals surface area contributed by atoms with Crippen molar-refractivity contribution in [2.75, 3.05) is 5.43 Å². The van der Waals surface area contributed by atoms with E-state index in [1.54, 1.807) is 30.3 Å². The Balaban J connectivity index is 2.12. The van der Waals surface area contributed by atoms with Gasteiger partial charge < -0.3 is 0 Å². The number of hydrazone groups is 1. The molecule has 0 fully saturated rings. The Bertz CT molecular complexity index is 674. The summed E-state index contributed by atoms with van der Waals surface area (Å²) in [6.45, 7) is 0. The minimum atomic E-state index is -0.470. The molecule has 0 atom stereocenters. The van der Waals surface area contributed by atoms with Gasteiger partial charge in [-0.1, -0.05) is 41.4 Å². The number of non-ortho nitro benzene ring substituents is 1. The van der Waals surface area contributed by atoms with Crippen molar-refractivity contribution in [1.29, 1.82) is 0 Å². The maximum atomic E-state index is 10.6. The number of hydrogen-bond acceptors (Lipinski definition) is 4. The summed E-state index contributed by atoms with van der Waals surface area (Å²) < 4.78 is 0. The summed E-state index contributed by atoms with van der Waals surface area (Å²) in [4.78, 5) is 10.2. The van der Waals surface area contributed by atoms with Gasteiger partial charge in [0.2, 0.25) is 0 Å². The molecule has 2 rings (SSSR count). The van der Waals surface area contributed by atoms with Crippen molar-refractivity contribution in [3.05, 3.63) is 68.2 Å². The third-order valence-electron chi connectivity index (χ3n) is 2.44. The molecule has 0 saturated heterocycles. The fraction of sp³-hybridized carbons (Fsp3) is 0. The molecule has 2 aromatic carbocycles. The molecule has 0 aromatic heterocycles. The number of halogens is 2. The number of rotatable bonds is 4. The van der Waals surface area contributed by atoms with Crippen LogP contribution >= 0.6 is 23.2 Å². The summed E-state index contributed by atoms with van der Waals surface area (Å²) in [5.41, 5.74) is 3.85. The SMILES string of the molecule is O=[N+]([O-])c1cccc(NN=Cc2cccc(Cl)c2Cl)c1. The maximum Gasteiger partial charge on any atom is 0.271 e. The Labute approximate surface area is 125 Å². The normalized spacial score (nSPS) is 10.7. The number of nitrogens with one attached hydrogen (secondary N) is 1. The largest absolute Gasteiger partial charge is 0.278 e. The van der Waals surface area contributed by atoms with Gasteiger partial charge in [-0.25, -0.2) is 0 Å². The van der Waals surface area contributed by atoms with Gasteiger partial charge in [-0.05, 0) is 12.1 Å². The van der Waals surface area contributed by atoms with Crippen LogP contribution in [-0.2, 0) is 0 Å². The van der Waals surface area contributed by atoms with Crippen LogP contribution in [0.15, 0.2) is 47.6 Å². The lowest BCUT2D eigenvalue weighted by atomic mass is 10.2. The second-order valence-electron chi connectivity index (χ2n) is 3.82. The third kappa shape index (κ3) is 3.46. The lowest BCUT2D eigenvalue weighted by Crippen LogP contribution is -1.93. The van der Waals surface area contributed by atoms with Crippen molar-refractivity contribution in [1.82, 2.24) is 0 Å². The molecule has 0 spiro atoms. The standard InChI is InChI=1S/C13H9Cl2N3O2/c14-12-6-1-3-9(13(12)15)8-16-17-10-4-2-5-11(7-10)18(19)20/h1-8,17H. The van der Waals surface area contributed by atoms with Crippen molar-refractivity contribution < 1.29 is 4.92 Å². The van der Waals surface area contributed by atoms with Gasteiger partial charge in [0.15, 0.2) is 0 Å². The number of nitro benzene ring substituents is 1. The molecule has 102 valence electrons. The second-order valence-corrected chi connectivity index (χ2v) is 4.61. The molecule has 7 heteroatoms. The predicted molar refractivity (Wildman–Crippen MR) is 80.8 cm³/mol. The lowest BCUT2D eigenvalue weighted by Gasteiger charge is -2.01. The van der Waals surface area contributed by atoms with E-state index in [0.29, 0.717) is 21.3 Å². The molecule has 2 aromatic rings. The van der Waals surface area contributed by atoms with E-state index in [-0.39, 0.29) is 5.69 Å². The minimum absolute atomic E-state index is 0.00834. The van der Waals surface area contributed by atoms with Crippen LogP contribution in [0.25, 0.3) is 0 Å². The molecular formula is C13H9Cl2N3O2. The summed E-state index contributed by atoms with van der Waals surface area (Å²) in [5, 5.41) is 15.4. The van der Waals surface area contributed by atoms with Crippen molar-refractivity contribution in [3.8, 4) is 0 Å². The summed E-state index contributed by atoms with van der Waals surface area (Å²) in [7, 11) is 0. The molecule has 5 nitrogen and oxygen atoms in total. The number of anilines is 1. The van der Waals surface area contributed by atoms with Crippen LogP contribution in [0.1, 0.15) is 5.56 Å². The Kier molecular flexibility index (Phi) is 4.55. The molecule has 20 heavy (non-hydrogen) atoms. The Morgan fingerprint density at radius 1 is 1.20 bits per heavy atom. The van der Waals surface area contributed by atoms with Crippen molar-refractivity contribution in [2.24, 2.45) is 5.10 Å². The van der Waals surface area contributed by atoms with Crippen LogP contribution in [0, 0.1) is 10.1 Å². The highest BCUT2D eigenvalue weighted by molar-refractivity contribution is 6.43. The van der Waals surface area contributed by atoms with Crippen molar-refractivity contribution in [2.45, 2.75) is 0 Å². The van der Waals surface area contributed by atoms with E-state index in [2.05, 4.69) is 10.5 Å². The molecule has 0 bridgehead atoms. The quantitative estimate of drug-likeness (QED) is 0.518. The molecule has 0 aliphatic heterocycles. The molecule has 0 saturated carbocycles. The third-order valence-corrected chi connectivity index (χ3v) is 3.27. The van der Waals surface area contributed by atoms with E-state index in [1.807, 2.05) is 0 Å². The molecule has 0 aliphatic carbocycles. The second kappa shape index (κ2) is 6.36. The summed E-state index contributed by atoms with van der Waals surface area (Å²) in [6.07, 6.45) is 1.49. The highest BCUT2D eigenvalue weighted by atomic mass is 35.5. The van der Waals surface area contributed by atoms with Gasteiger partial charge in [-0.3, -0.25) is 15.5 Å². The van der Waals surface area contributed by atoms with Gasteiger partial charge in [-0.2, -0.15) is 5.10 Å². The summed E-state index contributed by atoms with van der Waals surface area (Å²) in [6, 6.07) is 11.2. The highest BCUT2D eigenvalue weighted by Gasteiger charge is 2.05. The average molecular weight is 310 g/mol. The van der Waals surface area contributed by atoms with Gasteiger partial charge in [0, 0.05) is 17.7 Å². The minimum Gasteiger partial charge on any atom is -0.278 e. The molecule has 0 aliphatic rings. The smallest absolute Gasteiger partial charge is 0.271 e. The van der Waals surface area contributed by atoms with Crippen LogP contribution in [0.3, 0.4) is 0 Å². The maximum absolute atomic E-state index is 10.6. The van der Waals surface area contributed by atoms with Crippen LogP contribution in [0.2, 0.25) is 10.0 Å². The Morgan fingerprint density at radius 2 is 1.95 bits per heavy atom. The van der Waals surface area contributed by atoms with E-state index < -0.39 is 4.92 Å². The van der Waals surface area contributed by atoms with Crippen LogP contribution in [0.4, 0.5) is 11.4 Å². The predicted octanol–water partition coefficient (Wildman–Crippen LogP) is 4.35. The zero-order valence-corrected chi connectivity index (χ0v) is 11.6. The van der Waals surface area contributed by atoms with E-state index in [1.165, 1.54) is 18.3 Å². The van der Waals surface area contributed by atoms with Crippen LogP contribution in [0.5, 0.6) is 0 Å². The Hall–Kier alpha value is -2.11. The van der Waals surface area contributed by atoms with E-state index in [4.69, 9.17) is 23.2 Å². The van der Waals surface area contributed by atoms with Crippen molar-refractivity contribution >= 4 is 40.8 Å². The van der Waals surface area contributed by atoms with Crippen molar-refractivity contribution in [3.63, 3.8) is 0 Å². The summed E-state index contributed by atoms with van der Waals surface area (Å²) >= 11 is 11.9. The van der Waals surface area contributed by atoms with Crippen LogP contribution in [-0.4, -0.2) is 11.1 Å². The number of nitro groups is 1. The van der Waals surface area contributed by atoms with Gasteiger partial charge in [0.05, 0.1) is 26.9 Å². The number of hydrogen-bond donors (Lipinski definition) is 1. The van der Waals surface area contributed by atoms with Gasteiger partial charge in [0.1, 0.15) is 0 Å². The van der Waals surface area contributed by atoms with Gasteiger partial charge in [-0.15, -0.1) is 0 Å². The topological polar surface area (TPSA) is 67.5 Å². The van der Waals surface area contributed by atoms with Crippen LogP contribution < -0.4 is 5.43 Å². The first-order chi connectivity index (χ1) is 9.58. The zero-order chi connectivity index (χ0) is 14.5. The van der Waals surface area contributed by atoms with E-state index >= 15 is 0 Å². The number of nitrogens with zero attached hydrogens (tertiary/aromatic N) is 2. The first-order valence-electron chi connectivity index (χ1n) is 5.55. The monoisotopic (exact) mass is 309 g/mol. The molecule has 0 heterocycles. The number of benzene rings is 2. The van der Waals surface area contributed by atoms with Gasteiger partial charge in [0.25, 0.3) is 5.69 Å². The lowest BCUT2D eigenvalue weighted by molar-refractivity contribution is -0.384. The first-order valence-corrected chi connectivity index (χ1v) is 6.31. The average Bonchev–Trinajstić information content (AvgIpc) is 2.44. The molecular weight excluding hydrogens is 301 g/mol. The molecule has 1 N–H and O–H groups in total. The fourth-order valence-electron chi connectivity index (χ4n) is 1.49. The first kappa shape index (κ1) is 14.3. The van der Waals surface area contributed by atoms with Gasteiger partial charge >= 0.3 is 0 Å². The Morgan fingerprint density at radius 3 is 2.70 bits per heavy atom. The highest BCUT2D eigenvalue weighted by Crippen LogP contribution is 2.24.